The second-order valence-electron chi connectivity index (χ2n) is 6.74. The molecule has 2 atom stereocenters. The number of nitrogens with one attached hydrogen (secondary N) is 2. The summed E-state index contributed by atoms with van der Waals surface area (Å²) in [5, 5.41) is 2.06. The Bertz CT molecular complexity index is 713. The van der Waals surface area contributed by atoms with Crippen LogP contribution in [0.3, 0.4) is 0 Å². The van der Waals surface area contributed by atoms with E-state index in [4.69, 9.17) is 4.74 Å². The summed E-state index contributed by atoms with van der Waals surface area (Å²) in [5.74, 6) is -1.37. The first-order valence-corrected chi connectivity index (χ1v) is 8.56. The quantitative estimate of drug-likeness (QED) is 0.828. The van der Waals surface area contributed by atoms with E-state index >= 15 is 0 Å². The summed E-state index contributed by atoms with van der Waals surface area (Å²) < 4.78 is 43.1. The third-order valence-electron chi connectivity index (χ3n) is 4.87. The van der Waals surface area contributed by atoms with Crippen LogP contribution in [0.5, 0.6) is 0 Å². The molecule has 1 aromatic rings. The van der Waals surface area contributed by atoms with Crippen molar-refractivity contribution in [1.82, 2.24) is 15.3 Å². The Morgan fingerprint density at radius 1 is 1.35 bits per heavy atom. The minimum Gasteiger partial charge on any atom is -0.376 e. The normalized spacial score (nSPS) is 24.7. The van der Waals surface area contributed by atoms with Gasteiger partial charge in [-0.25, -0.2) is 4.98 Å². The van der Waals surface area contributed by atoms with Gasteiger partial charge in [-0.1, -0.05) is 0 Å². The predicted octanol–water partition coefficient (Wildman–Crippen LogP) is 1.13. The maximum atomic E-state index is 12.5. The number of halogens is 3. The Labute approximate surface area is 147 Å². The van der Waals surface area contributed by atoms with Crippen LogP contribution in [0.4, 0.5) is 19.1 Å². The topological polar surface area (TPSA) is 87.3 Å². The molecule has 26 heavy (non-hydrogen) atoms. The number of ether oxygens (including phenoxy) is 1. The van der Waals surface area contributed by atoms with Crippen molar-refractivity contribution in [3.8, 4) is 0 Å². The van der Waals surface area contributed by atoms with Crippen LogP contribution in [0.1, 0.15) is 25.0 Å². The molecule has 2 N–H and O–H groups in total. The van der Waals surface area contributed by atoms with E-state index in [0.29, 0.717) is 50.6 Å². The SMILES string of the molecule is Cc1cc(=O)[nH]c(N2CCC([C@@H]3OCC[C@H]3NC(=O)C(F)(F)F)CC2)n1. The van der Waals surface area contributed by atoms with Gasteiger partial charge in [0, 0.05) is 31.5 Å². The molecule has 0 aromatic carbocycles. The van der Waals surface area contributed by atoms with Crippen LogP contribution in [-0.2, 0) is 9.53 Å². The first-order valence-electron chi connectivity index (χ1n) is 8.56. The molecule has 3 rings (SSSR count). The number of amides is 1. The first kappa shape index (κ1) is 18.7. The maximum absolute atomic E-state index is 12.5. The van der Waals surface area contributed by atoms with Gasteiger partial charge in [0.15, 0.2) is 0 Å². The smallest absolute Gasteiger partial charge is 0.376 e. The van der Waals surface area contributed by atoms with E-state index in [2.05, 4.69) is 15.3 Å². The second kappa shape index (κ2) is 7.26. The van der Waals surface area contributed by atoms with Crippen LogP contribution in [0, 0.1) is 12.8 Å². The van der Waals surface area contributed by atoms with E-state index < -0.39 is 24.2 Å². The van der Waals surface area contributed by atoms with E-state index in [1.807, 2.05) is 4.90 Å². The molecule has 2 aliphatic rings. The average molecular weight is 374 g/mol. The van der Waals surface area contributed by atoms with Crippen LogP contribution in [0.25, 0.3) is 0 Å². The van der Waals surface area contributed by atoms with E-state index in [1.54, 1.807) is 6.92 Å². The number of hydrogen-bond donors (Lipinski definition) is 2. The molecule has 2 aliphatic heterocycles. The average Bonchev–Trinajstić information content (AvgIpc) is 3.01. The van der Waals surface area contributed by atoms with Gasteiger partial charge in [0.1, 0.15) is 0 Å². The number of alkyl halides is 3. The standard InChI is InChI=1S/C16H21F3N4O3/c1-9-8-12(24)22-15(20-9)23-5-2-10(3-6-23)13-11(4-7-26-13)21-14(25)16(17,18)19/h8,10-11,13H,2-7H2,1H3,(H,21,25)(H,20,22,24)/t11-,13+/m1/s1. The van der Waals surface area contributed by atoms with E-state index in [1.165, 1.54) is 6.07 Å². The molecule has 0 radical (unpaired) electrons. The number of H-pyrrole nitrogens is 1. The van der Waals surface area contributed by atoms with E-state index in [9.17, 15) is 22.8 Å². The molecule has 0 spiro atoms. The number of aromatic amines is 1. The van der Waals surface area contributed by atoms with Gasteiger partial charge in [-0.15, -0.1) is 0 Å². The van der Waals surface area contributed by atoms with Crippen LogP contribution < -0.4 is 15.8 Å². The molecule has 0 saturated carbocycles. The summed E-state index contributed by atoms with van der Waals surface area (Å²) in [7, 11) is 0. The van der Waals surface area contributed by atoms with Crippen molar-refractivity contribution < 1.29 is 22.7 Å². The van der Waals surface area contributed by atoms with Crippen molar-refractivity contribution in [2.24, 2.45) is 5.92 Å². The lowest BCUT2D eigenvalue weighted by atomic mass is 9.87. The molecule has 10 heteroatoms. The largest absolute Gasteiger partial charge is 0.471 e. The number of anilines is 1. The van der Waals surface area contributed by atoms with Crippen LogP contribution in [-0.4, -0.2) is 53.9 Å². The van der Waals surface area contributed by atoms with Gasteiger partial charge in [0.25, 0.3) is 5.56 Å². The Hall–Kier alpha value is -2.10. The molecule has 0 aliphatic carbocycles. The highest BCUT2D eigenvalue weighted by Crippen LogP contribution is 2.31. The zero-order valence-electron chi connectivity index (χ0n) is 14.3. The highest BCUT2D eigenvalue weighted by atomic mass is 19.4. The highest BCUT2D eigenvalue weighted by Gasteiger charge is 2.44. The Morgan fingerprint density at radius 2 is 2.04 bits per heavy atom. The minimum absolute atomic E-state index is 0.0452. The molecular formula is C16H21F3N4O3. The van der Waals surface area contributed by atoms with E-state index in [-0.39, 0.29) is 11.5 Å². The van der Waals surface area contributed by atoms with Crippen molar-refractivity contribution in [3.05, 3.63) is 22.1 Å². The van der Waals surface area contributed by atoms with Crippen LogP contribution in [0.15, 0.2) is 10.9 Å². The number of rotatable bonds is 3. The fraction of sp³-hybridized carbons (Fsp3) is 0.688. The van der Waals surface area contributed by atoms with Gasteiger partial charge >= 0.3 is 12.1 Å². The van der Waals surface area contributed by atoms with Gasteiger partial charge in [0.2, 0.25) is 5.95 Å². The van der Waals surface area contributed by atoms with Crippen molar-refractivity contribution in [2.75, 3.05) is 24.6 Å². The Kier molecular flexibility index (Phi) is 5.22. The monoisotopic (exact) mass is 374 g/mol. The third kappa shape index (κ3) is 4.17. The molecule has 3 heterocycles. The maximum Gasteiger partial charge on any atom is 0.471 e. The van der Waals surface area contributed by atoms with Crippen LogP contribution in [0.2, 0.25) is 0 Å². The number of aryl methyl sites for hydroxylation is 1. The predicted molar refractivity (Wildman–Crippen MR) is 86.9 cm³/mol. The summed E-state index contributed by atoms with van der Waals surface area (Å²) in [4.78, 5) is 31.8. The number of nitrogens with zero attached hydrogens (tertiary/aromatic N) is 2. The minimum atomic E-state index is -4.89. The van der Waals surface area contributed by atoms with Crippen molar-refractivity contribution in [1.29, 1.82) is 0 Å². The lowest BCUT2D eigenvalue weighted by molar-refractivity contribution is -0.174. The van der Waals surface area contributed by atoms with Gasteiger partial charge < -0.3 is 15.0 Å². The third-order valence-corrected chi connectivity index (χ3v) is 4.87. The molecule has 144 valence electrons. The van der Waals surface area contributed by atoms with Crippen molar-refractivity contribution in [3.63, 3.8) is 0 Å². The van der Waals surface area contributed by atoms with Gasteiger partial charge in [-0.3, -0.25) is 14.6 Å². The summed E-state index contributed by atoms with van der Waals surface area (Å²) >= 11 is 0. The van der Waals surface area contributed by atoms with Gasteiger partial charge in [-0.2, -0.15) is 13.2 Å². The highest BCUT2D eigenvalue weighted by molar-refractivity contribution is 5.82. The number of piperidine rings is 1. The summed E-state index contributed by atoms with van der Waals surface area (Å²) in [5.41, 5.74) is 0.406. The molecule has 0 unspecified atom stereocenters. The first-order chi connectivity index (χ1) is 12.2. The number of aromatic nitrogens is 2. The summed E-state index contributed by atoms with van der Waals surface area (Å²) in [6.45, 7) is 3.29. The molecule has 1 amide bonds. The number of carbonyl (C=O) groups excluding carboxylic acids is 1. The fourth-order valence-corrected chi connectivity index (χ4v) is 3.63. The number of hydrogen-bond acceptors (Lipinski definition) is 5. The van der Waals surface area contributed by atoms with Crippen LogP contribution >= 0.6 is 0 Å². The zero-order valence-corrected chi connectivity index (χ0v) is 14.3. The fourth-order valence-electron chi connectivity index (χ4n) is 3.63. The van der Waals surface area contributed by atoms with Gasteiger partial charge in [0.05, 0.1) is 12.1 Å². The second-order valence-corrected chi connectivity index (χ2v) is 6.74. The zero-order chi connectivity index (χ0) is 18.9. The molecule has 7 nitrogen and oxygen atoms in total. The number of carbonyl (C=O) groups is 1. The van der Waals surface area contributed by atoms with Gasteiger partial charge in [-0.05, 0) is 32.1 Å². The Morgan fingerprint density at radius 3 is 2.65 bits per heavy atom. The van der Waals surface area contributed by atoms with Crippen molar-refractivity contribution in [2.45, 2.75) is 44.5 Å². The van der Waals surface area contributed by atoms with Crippen molar-refractivity contribution >= 4 is 11.9 Å². The molecule has 0 bridgehead atoms. The Balaban J connectivity index is 1.60. The molecular weight excluding hydrogens is 353 g/mol. The summed E-state index contributed by atoms with van der Waals surface area (Å²) in [6, 6.07) is 0.786. The molecule has 1 aromatic heterocycles. The van der Waals surface area contributed by atoms with E-state index in [0.717, 1.165) is 0 Å². The summed E-state index contributed by atoms with van der Waals surface area (Å²) in [6.07, 6.45) is -3.58. The lowest BCUT2D eigenvalue weighted by Gasteiger charge is -2.36. The lowest BCUT2D eigenvalue weighted by Crippen LogP contribution is -2.50. The molecule has 2 fully saturated rings. The molecule has 2 saturated heterocycles.